The normalized spacial score (nSPS) is 17.2. The predicted molar refractivity (Wildman–Crippen MR) is 189 cm³/mol. The van der Waals surface area contributed by atoms with E-state index in [4.69, 9.17) is 4.42 Å². The lowest BCUT2D eigenvalue weighted by Crippen LogP contribution is -2.32. The highest BCUT2D eigenvalue weighted by molar-refractivity contribution is 6.03. The number of rotatable bonds is 7. The van der Waals surface area contributed by atoms with Gasteiger partial charge in [-0.3, -0.25) is 9.59 Å². The maximum Gasteiger partial charge on any atom is 0.197 e. The van der Waals surface area contributed by atoms with Gasteiger partial charge in [-0.05, 0) is 69.5 Å². The second-order valence-corrected chi connectivity index (χ2v) is 13.1. The van der Waals surface area contributed by atoms with Crippen molar-refractivity contribution < 1.29 is 50.1 Å². The van der Waals surface area contributed by atoms with E-state index in [1.54, 1.807) is 19.1 Å². The molecule has 1 heterocycles. The minimum Gasteiger partial charge on any atom is -0.508 e. The molecule has 4 aromatic carbocycles. The van der Waals surface area contributed by atoms with Gasteiger partial charge in [0.15, 0.2) is 11.2 Å². The Bertz CT molecular complexity index is 2340. The number of ketones is 1. The fourth-order valence-electron chi connectivity index (χ4n) is 6.97. The molecule has 0 spiro atoms. The Labute approximate surface area is 291 Å². The van der Waals surface area contributed by atoms with Crippen LogP contribution < -0.4 is 5.43 Å². The number of carbonyl (C=O) groups excluding carboxylic acids is 1. The van der Waals surface area contributed by atoms with E-state index >= 15 is 0 Å². The molecule has 1 aromatic heterocycles. The van der Waals surface area contributed by atoms with E-state index in [0.29, 0.717) is 5.57 Å². The molecule has 6 rings (SSSR count). The molecule has 5 aromatic rings. The zero-order valence-electron chi connectivity index (χ0n) is 27.9. The summed E-state index contributed by atoms with van der Waals surface area (Å²) in [5.41, 5.74) is 0.817. The molecule has 0 fully saturated rings. The molecule has 0 amide bonds. The summed E-state index contributed by atoms with van der Waals surface area (Å²) in [4.78, 5) is 28.4. The lowest BCUT2D eigenvalue weighted by molar-refractivity contribution is 0.0876. The van der Waals surface area contributed by atoms with Crippen LogP contribution in [0, 0.1) is 5.92 Å². The first kappa shape index (κ1) is 34.5. The first-order valence-electron chi connectivity index (χ1n) is 16.1. The van der Waals surface area contributed by atoms with Crippen LogP contribution in [0.4, 0.5) is 0 Å². The van der Waals surface area contributed by atoms with Crippen LogP contribution in [0.25, 0.3) is 22.3 Å². The second-order valence-electron chi connectivity index (χ2n) is 13.1. The first-order chi connectivity index (χ1) is 24.2. The largest absolute Gasteiger partial charge is 0.508 e. The number of Topliss-reactive ketones (excluding diaryl/α,β-unsaturated/α-hetero) is 1. The highest BCUT2D eigenvalue weighted by Gasteiger charge is 2.44. The van der Waals surface area contributed by atoms with Gasteiger partial charge in [-0.1, -0.05) is 29.4 Å². The third-order valence-corrected chi connectivity index (χ3v) is 9.37. The Balaban J connectivity index is 1.57. The monoisotopic (exact) mass is 692 g/mol. The standard InChI is InChI=1S/C40H36O11/c1-18(2)4-7-24-28(43)11-10-25(38(24)48)39(49)35-26(22-8-5-20(41)14-29(22)44)12-19(3)13-27(35)36-31(46)17-34-37(40(36)50)32(47)16-33(51-34)23-9-6-21(42)15-30(23)45/h4-6,8-11,13-17,26-27,35,41-46,48,50H,7,12H2,1-3H3/t26?,27-,35+/m0/s1. The molecule has 11 heteroatoms. The van der Waals surface area contributed by atoms with Crippen LogP contribution in [0.3, 0.4) is 0 Å². The number of phenols is 8. The molecule has 51 heavy (non-hydrogen) atoms. The van der Waals surface area contributed by atoms with E-state index in [0.717, 1.165) is 29.8 Å². The molecule has 0 saturated heterocycles. The molecule has 262 valence electrons. The van der Waals surface area contributed by atoms with Crippen molar-refractivity contribution in [3.8, 4) is 57.3 Å². The molecule has 3 atom stereocenters. The summed E-state index contributed by atoms with van der Waals surface area (Å²) in [6.45, 7) is 5.47. The number of hydrogen-bond acceptors (Lipinski definition) is 11. The van der Waals surface area contributed by atoms with E-state index in [1.807, 2.05) is 13.8 Å². The fraction of sp³-hybridized carbons (Fsp3) is 0.200. The number of allylic oxidation sites excluding steroid dienone is 4. The van der Waals surface area contributed by atoms with Gasteiger partial charge in [-0.2, -0.15) is 0 Å². The van der Waals surface area contributed by atoms with E-state index in [-0.39, 0.29) is 86.1 Å². The third kappa shape index (κ3) is 6.29. The number of aromatic hydroxyl groups is 8. The Morgan fingerprint density at radius 2 is 1.49 bits per heavy atom. The summed E-state index contributed by atoms with van der Waals surface area (Å²) >= 11 is 0. The van der Waals surface area contributed by atoms with E-state index in [9.17, 15) is 50.4 Å². The van der Waals surface area contributed by atoms with Gasteiger partial charge in [0.1, 0.15) is 62.7 Å². The highest BCUT2D eigenvalue weighted by Crippen LogP contribution is 2.54. The number of fused-ring (bicyclic) bond motifs is 1. The van der Waals surface area contributed by atoms with Crippen molar-refractivity contribution in [1.82, 2.24) is 0 Å². The van der Waals surface area contributed by atoms with Crippen molar-refractivity contribution in [2.45, 2.75) is 45.4 Å². The Morgan fingerprint density at radius 1 is 0.804 bits per heavy atom. The molecule has 1 aliphatic carbocycles. The van der Waals surface area contributed by atoms with Gasteiger partial charge in [-0.15, -0.1) is 0 Å². The van der Waals surface area contributed by atoms with Gasteiger partial charge in [0.05, 0.1) is 11.1 Å². The van der Waals surface area contributed by atoms with Crippen molar-refractivity contribution in [3.05, 3.63) is 116 Å². The van der Waals surface area contributed by atoms with Gasteiger partial charge < -0.3 is 45.3 Å². The van der Waals surface area contributed by atoms with Crippen molar-refractivity contribution in [1.29, 1.82) is 0 Å². The van der Waals surface area contributed by atoms with Gasteiger partial charge in [0.25, 0.3) is 0 Å². The minimum atomic E-state index is -1.22. The van der Waals surface area contributed by atoms with Crippen LogP contribution in [0.5, 0.6) is 46.0 Å². The summed E-state index contributed by atoms with van der Waals surface area (Å²) in [6.07, 6.45) is 3.80. The van der Waals surface area contributed by atoms with Gasteiger partial charge in [-0.25, -0.2) is 0 Å². The summed E-state index contributed by atoms with van der Waals surface area (Å²) in [5, 5.41) is 86.1. The summed E-state index contributed by atoms with van der Waals surface area (Å²) in [5.74, 6) is -6.90. The predicted octanol–water partition coefficient (Wildman–Crippen LogP) is 7.33. The number of hydrogen-bond donors (Lipinski definition) is 8. The summed E-state index contributed by atoms with van der Waals surface area (Å²) < 4.78 is 5.85. The van der Waals surface area contributed by atoms with Gasteiger partial charge in [0.2, 0.25) is 0 Å². The lowest BCUT2D eigenvalue weighted by atomic mass is 9.65. The van der Waals surface area contributed by atoms with E-state index in [1.165, 1.54) is 36.4 Å². The van der Waals surface area contributed by atoms with Crippen LogP contribution in [0.2, 0.25) is 0 Å². The lowest BCUT2D eigenvalue weighted by Gasteiger charge is -2.37. The molecule has 8 N–H and O–H groups in total. The summed E-state index contributed by atoms with van der Waals surface area (Å²) in [6, 6.07) is 12.4. The molecule has 1 unspecified atom stereocenters. The number of benzene rings is 4. The minimum absolute atomic E-state index is 0.0700. The summed E-state index contributed by atoms with van der Waals surface area (Å²) in [7, 11) is 0. The zero-order chi connectivity index (χ0) is 36.9. The maximum absolute atomic E-state index is 14.8. The zero-order valence-corrected chi connectivity index (χ0v) is 27.9. The highest BCUT2D eigenvalue weighted by atomic mass is 16.3. The molecule has 0 aliphatic heterocycles. The van der Waals surface area contributed by atoms with Crippen molar-refractivity contribution in [3.63, 3.8) is 0 Å². The van der Waals surface area contributed by atoms with Crippen LogP contribution >= 0.6 is 0 Å². The van der Waals surface area contributed by atoms with Crippen molar-refractivity contribution >= 4 is 16.8 Å². The van der Waals surface area contributed by atoms with Crippen LogP contribution in [-0.2, 0) is 6.42 Å². The second kappa shape index (κ2) is 13.2. The van der Waals surface area contributed by atoms with Gasteiger partial charge in [0, 0.05) is 53.1 Å². The Morgan fingerprint density at radius 3 is 2.16 bits per heavy atom. The van der Waals surface area contributed by atoms with Gasteiger partial charge >= 0.3 is 0 Å². The Hall–Kier alpha value is -6.36. The molecular weight excluding hydrogens is 656 g/mol. The third-order valence-electron chi connectivity index (χ3n) is 9.37. The Kier molecular flexibility index (Phi) is 8.90. The first-order valence-corrected chi connectivity index (χ1v) is 16.1. The van der Waals surface area contributed by atoms with Crippen LogP contribution in [0.1, 0.15) is 66.1 Å². The molecule has 0 saturated carbocycles. The number of carbonyl (C=O) groups is 1. The average Bonchev–Trinajstić information content (AvgIpc) is 3.03. The smallest absolute Gasteiger partial charge is 0.197 e. The number of phenolic OH excluding ortho intramolecular Hbond substituents is 8. The van der Waals surface area contributed by atoms with Crippen molar-refractivity contribution in [2.24, 2.45) is 5.92 Å². The average molecular weight is 693 g/mol. The molecule has 1 aliphatic rings. The molecular formula is C40H36O11. The maximum atomic E-state index is 14.8. The molecule has 0 radical (unpaired) electrons. The topological polar surface area (TPSA) is 209 Å². The molecule has 11 nitrogen and oxygen atoms in total. The van der Waals surface area contributed by atoms with Crippen molar-refractivity contribution in [2.75, 3.05) is 0 Å². The van der Waals surface area contributed by atoms with E-state index in [2.05, 4.69) is 0 Å². The fourth-order valence-corrected chi connectivity index (χ4v) is 6.97. The van der Waals surface area contributed by atoms with Crippen LogP contribution in [0.15, 0.2) is 93.2 Å². The SMILES string of the molecule is CC(C)=CCc1c(O)ccc(C(=O)[C@@H]2C(c3ccc(O)cc3O)CC(C)=C[C@@H]2c2c(O)cc3oc(-c4ccc(O)cc4O)cc(=O)c3c2O)c1O. The van der Waals surface area contributed by atoms with E-state index < -0.39 is 46.2 Å². The molecule has 0 bridgehead atoms. The quantitative estimate of drug-likeness (QED) is 0.0625. The van der Waals surface area contributed by atoms with Crippen LogP contribution in [-0.4, -0.2) is 46.6 Å².